The normalized spacial score (nSPS) is 10.7. The van der Waals surface area contributed by atoms with Crippen molar-refractivity contribution < 1.29 is 14.3 Å². The summed E-state index contributed by atoms with van der Waals surface area (Å²) in [5, 5.41) is 16.0. The molecule has 0 aliphatic rings. The van der Waals surface area contributed by atoms with E-state index in [9.17, 15) is 9.18 Å². The van der Waals surface area contributed by atoms with E-state index in [0.717, 1.165) is 24.2 Å². The highest BCUT2D eigenvalue weighted by atomic mass is 19.1. The number of benzene rings is 1. The molecule has 1 aromatic heterocycles. The minimum absolute atomic E-state index is 0.302. The number of nitrogens with one attached hydrogen (secondary N) is 1. The summed E-state index contributed by atoms with van der Waals surface area (Å²) in [5.74, 6) is -1.96. The zero-order chi connectivity index (χ0) is 14.5. The maximum Gasteiger partial charge on any atom is 0.338 e. The minimum Gasteiger partial charge on any atom is -0.478 e. The van der Waals surface area contributed by atoms with Gasteiger partial charge in [0.05, 0.1) is 5.56 Å². The van der Waals surface area contributed by atoms with Crippen molar-refractivity contribution in [3.05, 3.63) is 53.1 Å². The number of aromatic nitrogens is 2. The van der Waals surface area contributed by atoms with Crippen LogP contribution in [0.5, 0.6) is 0 Å². The van der Waals surface area contributed by atoms with E-state index in [1.54, 1.807) is 12.3 Å². The van der Waals surface area contributed by atoms with Gasteiger partial charge in [0.25, 0.3) is 0 Å². The van der Waals surface area contributed by atoms with E-state index >= 15 is 0 Å². The molecule has 0 unspecified atom stereocenters. The second kappa shape index (κ2) is 6.29. The van der Waals surface area contributed by atoms with E-state index in [0.29, 0.717) is 6.54 Å². The molecule has 0 amide bonds. The second-order valence-corrected chi connectivity index (χ2v) is 4.49. The van der Waals surface area contributed by atoms with Crippen LogP contribution in [-0.4, -0.2) is 27.4 Å². The highest BCUT2D eigenvalue weighted by Crippen LogP contribution is 2.10. The van der Waals surface area contributed by atoms with Crippen LogP contribution in [0.1, 0.15) is 21.6 Å². The summed E-state index contributed by atoms with van der Waals surface area (Å²) in [6, 6.07) is 6.10. The van der Waals surface area contributed by atoms with Gasteiger partial charge >= 0.3 is 5.97 Å². The van der Waals surface area contributed by atoms with Crippen molar-refractivity contribution in [3.63, 3.8) is 0 Å². The third kappa shape index (κ3) is 3.42. The van der Waals surface area contributed by atoms with Crippen LogP contribution >= 0.6 is 0 Å². The van der Waals surface area contributed by atoms with Gasteiger partial charge in [0.1, 0.15) is 5.82 Å². The molecule has 2 rings (SSSR count). The molecule has 2 N–H and O–H groups in total. The van der Waals surface area contributed by atoms with Gasteiger partial charge in [-0.2, -0.15) is 5.10 Å². The van der Waals surface area contributed by atoms with E-state index in [2.05, 4.69) is 10.4 Å². The second-order valence-electron chi connectivity index (χ2n) is 4.49. The van der Waals surface area contributed by atoms with Crippen molar-refractivity contribution in [1.82, 2.24) is 15.1 Å². The van der Waals surface area contributed by atoms with Crippen molar-refractivity contribution in [1.29, 1.82) is 0 Å². The van der Waals surface area contributed by atoms with Crippen LogP contribution in [0.25, 0.3) is 0 Å². The van der Waals surface area contributed by atoms with Crippen LogP contribution < -0.4 is 5.32 Å². The van der Waals surface area contributed by atoms with Crippen LogP contribution in [0, 0.1) is 5.82 Å². The van der Waals surface area contributed by atoms with Crippen LogP contribution in [0.4, 0.5) is 4.39 Å². The van der Waals surface area contributed by atoms with E-state index in [-0.39, 0.29) is 5.56 Å². The number of rotatable bonds is 6. The van der Waals surface area contributed by atoms with Crippen LogP contribution in [0.3, 0.4) is 0 Å². The average molecular weight is 277 g/mol. The highest BCUT2D eigenvalue weighted by molar-refractivity contribution is 5.87. The van der Waals surface area contributed by atoms with Crippen LogP contribution in [0.15, 0.2) is 30.5 Å². The molecule has 0 atom stereocenters. The molecule has 0 saturated carbocycles. The van der Waals surface area contributed by atoms with Gasteiger partial charge in [0.2, 0.25) is 0 Å². The molecule has 0 radical (unpaired) electrons. The predicted molar refractivity (Wildman–Crippen MR) is 72.0 cm³/mol. The van der Waals surface area contributed by atoms with Gasteiger partial charge in [-0.05, 0) is 23.8 Å². The molecular formula is C14H16FN3O2. The zero-order valence-corrected chi connectivity index (χ0v) is 11.1. The number of halogens is 1. The smallest absolute Gasteiger partial charge is 0.338 e. The van der Waals surface area contributed by atoms with Gasteiger partial charge in [-0.1, -0.05) is 6.07 Å². The molecule has 0 aliphatic carbocycles. The Bertz CT molecular complexity index is 610. The van der Waals surface area contributed by atoms with E-state index in [4.69, 9.17) is 5.11 Å². The standard InChI is InChI=1S/C14H16FN3O2/c1-18-11(5-7-17-18)4-6-16-9-10-2-3-12(14(19)20)13(15)8-10/h2-3,5,7-8,16H,4,6,9H2,1H3,(H,19,20). The number of hydrogen-bond acceptors (Lipinski definition) is 3. The number of nitrogens with zero attached hydrogens (tertiary/aromatic N) is 2. The first kappa shape index (κ1) is 14.2. The Morgan fingerprint density at radius 1 is 1.45 bits per heavy atom. The van der Waals surface area contributed by atoms with Gasteiger partial charge in [-0.15, -0.1) is 0 Å². The lowest BCUT2D eigenvalue weighted by Crippen LogP contribution is -2.18. The lowest BCUT2D eigenvalue weighted by molar-refractivity contribution is 0.0692. The summed E-state index contributed by atoms with van der Waals surface area (Å²) in [4.78, 5) is 10.7. The maximum absolute atomic E-state index is 13.5. The summed E-state index contributed by atoms with van der Waals surface area (Å²) in [6.45, 7) is 1.23. The van der Waals surface area contributed by atoms with Crippen molar-refractivity contribution >= 4 is 5.97 Å². The molecule has 20 heavy (non-hydrogen) atoms. The zero-order valence-electron chi connectivity index (χ0n) is 11.1. The quantitative estimate of drug-likeness (QED) is 0.787. The Hall–Kier alpha value is -2.21. The molecule has 1 heterocycles. The molecule has 2 aromatic rings. The molecule has 1 aromatic carbocycles. The SMILES string of the molecule is Cn1nccc1CCNCc1ccc(C(=O)O)c(F)c1. The summed E-state index contributed by atoms with van der Waals surface area (Å²) in [7, 11) is 1.88. The number of carboxylic acids is 1. The lowest BCUT2D eigenvalue weighted by atomic mass is 10.1. The number of aryl methyl sites for hydroxylation is 1. The van der Waals surface area contributed by atoms with Crippen molar-refractivity contribution in [2.75, 3.05) is 6.54 Å². The van der Waals surface area contributed by atoms with E-state index < -0.39 is 11.8 Å². The summed E-state index contributed by atoms with van der Waals surface area (Å²) < 4.78 is 15.3. The van der Waals surface area contributed by atoms with Crippen LogP contribution in [0.2, 0.25) is 0 Å². The Labute approximate surface area is 116 Å². The number of hydrogen-bond donors (Lipinski definition) is 2. The van der Waals surface area contributed by atoms with Crippen LogP contribution in [-0.2, 0) is 20.0 Å². The molecule has 5 nitrogen and oxygen atoms in total. The van der Waals surface area contributed by atoms with Gasteiger partial charge in [0, 0.05) is 38.4 Å². The Morgan fingerprint density at radius 2 is 2.25 bits per heavy atom. The first-order chi connectivity index (χ1) is 9.58. The van der Waals surface area contributed by atoms with Crippen molar-refractivity contribution in [3.8, 4) is 0 Å². The molecular weight excluding hydrogens is 261 g/mol. The minimum atomic E-state index is -1.25. The molecule has 0 bridgehead atoms. The third-order valence-electron chi connectivity index (χ3n) is 3.07. The largest absolute Gasteiger partial charge is 0.478 e. The van der Waals surface area contributed by atoms with Gasteiger partial charge < -0.3 is 10.4 Å². The van der Waals surface area contributed by atoms with E-state index in [1.165, 1.54) is 12.1 Å². The first-order valence-electron chi connectivity index (χ1n) is 6.27. The Kier molecular flexibility index (Phi) is 4.47. The summed E-state index contributed by atoms with van der Waals surface area (Å²) >= 11 is 0. The molecule has 0 saturated heterocycles. The Morgan fingerprint density at radius 3 is 2.85 bits per heavy atom. The number of carbonyl (C=O) groups is 1. The van der Waals surface area contributed by atoms with Gasteiger partial charge in [-0.3, -0.25) is 4.68 Å². The summed E-state index contributed by atoms with van der Waals surface area (Å²) in [5.41, 5.74) is 1.53. The third-order valence-corrected chi connectivity index (χ3v) is 3.07. The molecule has 0 fully saturated rings. The maximum atomic E-state index is 13.5. The van der Waals surface area contributed by atoms with Gasteiger partial charge in [0.15, 0.2) is 0 Å². The first-order valence-corrected chi connectivity index (χ1v) is 6.27. The molecule has 6 heteroatoms. The Balaban J connectivity index is 1.84. The molecule has 0 spiro atoms. The fraction of sp³-hybridized carbons (Fsp3) is 0.286. The number of carboxylic acid groups (broad SMARTS) is 1. The topological polar surface area (TPSA) is 67.2 Å². The van der Waals surface area contributed by atoms with E-state index in [1.807, 2.05) is 17.8 Å². The average Bonchev–Trinajstić information content (AvgIpc) is 2.80. The predicted octanol–water partition coefficient (Wildman–Crippen LogP) is 1.59. The summed E-state index contributed by atoms with van der Waals surface area (Å²) in [6.07, 6.45) is 2.57. The lowest BCUT2D eigenvalue weighted by Gasteiger charge is -2.06. The fourth-order valence-corrected chi connectivity index (χ4v) is 1.94. The van der Waals surface area contributed by atoms with Crippen molar-refractivity contribution in [2.45, 2.75) is 13.0 Å². The monoisotopic (exact) mass is 277 g/mol. The highest BCUT2D eigenvalue weighted by Gasteiger charge is 2.10. The fourth-order valence-electron chi connectivity index (χ4n) is 1.94. The molecule has 0 aliphatic heterocycles. The van der Waals surface area contributed by atoms with Gasteiger partial charge in [-0.25, -0.2) is 9.18 Å². The van der Waals surface area contributed by atoms with Crippen molar-refractivity contribution in [2.24, 2.45) is 7.05 Å². The number of aromatic carboxylic acids is 1. The molecule has 106 valence electrons.